The van der Waals surface area contributed by atoms with E-state index in [1.807, 2.05) is 0 Å². The number of hydrogen-bond acceptors (Lipinski definition) is 1. The van der Waals surface area contributed by atoms with Gasteiger partial charge in [0, 0.05) is 43.7 Å². The number of aromatic nitrogens is 1. The first-order chi connectivity index (χ1) is 9.38. The molecule has 9 heteroatoms. The standard InChI is InChI=1S/C11H14B8N/c1-5(2)7-8(16-12)9(17-13)11(19(15)18-14)20-10(7)6(3)4/h5-6H,1-4H3. The van der Waals surface area contributed by atoms with E-state index >= 15 is 0 Å². The second kappa shape index (κ2) is 7.61. The van der Waals surface area contributed by atoms with Crippen LogP contribution in [0.25, 0.3) is 0 Å². The Morgan fingerprint density at radius 1 is 0.950 bits per heavy atom. The van der Waals surface area contributed by atoms with Crippen LogP contribution in [0, 0.1) is 0 Å². The van der Waals surface area contributed by atoms with Gasteiger partial charge in [-0.25, -0.2) is 0 Å². The molecule has 1 nitrogen and oxygen atoms in total. The number of rotatable bonds is 6. The number of pyridine rings is 1. The Morgan fingerprint density at radius 2 is 1.50 bits per heavy atom. The van der Waals surface area contributed by atoms with Crippen molar-refractivity contribution in [3.05, 3.63) is 11.3 Å². The zero-order valence-corrected chi connectivity index (χ0v) is 12.7. The van der Waals surface area contributed by atoms with Crippen LogP contribution >= 0.6 is 0 Å². The summed E-state index contributed by atoms with van der Waals surface area (Å²) in [6.07, 6.45) is 0. The van der Waals surface area contributed by atoms with Crippen molar-refractivity contribution < 1.29 is 0 Å². The average Bonchev–Trinajstić information content (AvgIpc) is 2.43. The zero-order valence-electron chi connectivity index (χ0n) is 12.7. The Labute approximate surface area is 131 Å². The lowest BCUT2D eigenvalue weighted by atomic mass is 9.03. The second-order valence-corrected chi connectivity index (χ2v) is 5.48. The molecule has 11 radical (unpaired) electrons. The monoisotopic (exact) mass is 248 g/mol. The summed E-state index contributed by atoms with van der Waals surface area (Å²) < 4.78 is 0. The van der Waals surface area contributed by atoms with Gasteiger partial charge in [-0.3, -0.25) is 4.98 Å². The van der Waals surface area contributed by atoms with E-state index in [4.69, 9.17) is 35.9 Å². The van der Waals surface area contributed by atoms with E-state index in [2.05, 4.69) is 27.7 Å². The van der Waals surface area contributed by atoms with Crippen molar-refractivity contribution in [2.45, 2.75) is 39.5 Å². The van der Waals surface area contributed by atoms with Gasteiger partial charge in [-0.15, -0.1) is 0 Å². The lowest BCUT2D eigenvalue weighted by Crippen LogP contribution is -2.58. The molecule has 0 saturated carbocycles. The molecule has 0 aliphatic carbocycles. The third-order valence-corrected chi connectivity index (χ3v) is 3.35. The van der Waals surface area contributed by atoms with Crippen molar-refractivity contribution in [3.63, 3.8) is 0 Å². The third kappa shape index (κ3) is 3.46. The fourth-order valence-corrected chi connectivity index (χ4v) is 2.42. The van der Waals surface area contributed by atoms with Crippen LogP contribution in [0.15, 0.2) is 0 Å². The average molecular weight is 247 g/mol. The molecule has 0 aliphatic heterocycles. The van der Waals surface area contributed by atoms with Crippen LogP contribution in [-0.4, -0.2) is 63.8 Å². The summed E-state index contributed by atoms with van der Waals surface area (Å²) in [5.74, 6) is 0.558. The second-order valence-electron chi connectivity index (χ2n) is 5.48. The molecule has 87 valence electrons. The first-order valence-corrected chi connectivity index (χ1v) is 6.87. The van der Waals surface area contributed by atoms with Gasteiger partial charge in [0.2, 0.25) is 0 Å². The van der Waals surface area contributed by atoms with Crippen LogP contribution in [-0.2, 0) is 0 Å². The third-order valence-electron chi connectivity index (χ3n) is 3.35. The van der Waals surface area contributed by atoms with E-state index in [0.717, 1.165) is 22.2 Å². The van der Waals surface area contributed by atoms with Gasteiger partial charge in [-0.2, -0.15) is 0 Å². The molecular weight excluding hydrogens is 233 g/mol. The van der Waals surface area contributed by atoms with Gasteiger partial charge in [-0.05, 0) is 23.0 Å². The van der Waals surface area contributed by atoms with E-state index in [1.165, 1.54) is 14.2 Å². The summed E-state index contributed by atoms with van der Waals surface area (Å²) in [5.41, 5.74) is 4.44. The topological polar surface area (TPSA) is 12.9 Å². The van der Waals surface area contributed by atoms with Crippen LogP contribution in [0.4, 0.5) is 0 Å². The molecule has 20 heavy (non-hydrogen) atoms. The first kappa shape index (κ1) is 17.7. The summed E-state index contributed by atoms with van der Waals surface area (Å²) in [5, 5.41) is 0. The Hall–Kier alpha value is -0.331. The highest BCUT2D eigenvalue weighted by molar-refractivity contribution is 7.51. The Morgan fingerprint density at radius 3 is 1.85 bits per heavy atom. The summed E-state index contributed by atoms with van der Waals surface area (Å²) in [4.78, 5) is 4.72. The SMILES string of the molecule is [B][B]B([B])c1nc(C(C)C)c(C(C)C)c([B][B])c1[B][B]. The molecule has 0 unspecified atom stereocenters. The van der Waals surface area contributed by atoms with E-state index in [9.17, 15) is 0 Å². The fourth-order valence-electron chi connectivity index (χ4n) is 2.42. The number of nitrogens with zero attached hydrogens (tertiary/aromatic N) is 1. The van der Waals surface area contributed by atoms with Crippen LogP contribution in [0.2, 0.25) is 0 Å². The van der Waals surface area contributed by atoms with Gasteiger partial charge in [0.25, 0.3) is 0 Å². The molecule has 1 rings (SSSR count). The Balaban J connectivity index is 3.69. The fraction of sp³-hybridized carbons (Fsp3) is 0.545. The van der Waals surface area contributed by atoms with Gasteiger partial charge < -0.3 is 0 Å². The molecule has 0 spiro atoms. The Bertz CT molecular complexity index is 462. The van der Waals surface area contributed by atoms with Crippen LogP contribution in [0.1, 0.15) is 50.8 Å². The summed E-state index contributed by atoms with van der Waals surface area (Å²) >= 11 is 0. The van der Waals surface area contributed by atoms with E-state index in [-0.39, 0.29) is 5.92 Å². The minimum absolute atomic E-state index is 0.265. The summed E-state index contributed by atoms with van der Waals surface area (Å²) in [6.45, 7) is 7.96. The van der Waals surface area contributed by atoms with Crippen molar-refractivity contribution in [1.82, 2.24) is 4.98 Å². The van der Waals surface area contributed by atoms with Crippen molar-refractivity contribution >= 4 is 75.4 Å². The predicted molar refractivity (Wildman–Crippen MR) is 97.3 cm³/mol. The van der Waals surface area contributed by atoms with Gasteiger partial charge in [-0.1, -0.05) is 38.6 Å². The van der Waals surface area contributed by atoms with E-state index < -0.39 is 6.49 Å². The maximum Gasteiger partial charge on any atom is 0.103 e. The largest absolute Gasteiger partial charge is 0.270 e. The maximum absolute atomic E-state index is 6.02. The summed E-state index contributed by atoms with van der Waals surface area (Å²) in [6, 6.07) is 0. The van der Waals surface area contributed by atoms with Crippen LogP contribution < -0.4 is 16.5 Å². The maximum atomic E-state index is 6.02. The lowest BCUT2D eigenvalue weighted by molar-refractivity contribution is 0.767. The highest BCUT2D eigenvalue weighted by Crippen LogP contribution is 2.21. The van der Waals surface area contributed by atoms with Crippen LogP contribution in [0.5, 0.6) is 0 Å². The molecule has 0 bridgehead atoms. The minimum atomic E-state index is -0.470. The molecule has 1 aromatic rings. The molecule has 0 atom stereocenters. The lowest BCUT2D eigenvalue weighted by Gasteiger charge is -2.26. The quantitative estimate of drug-likeness (QED) is 0.520. The van der Waals surface area contributed by atoms with Gasteiger partial charge in [0.05, 0.1) is 14.3 Å². The summed E-state index contributed by atoms with van der Waals surface area (Å²) in [7, 11) is 27.7. The first-order valence-electron chi connectivity index (χ1n) is 6.87. The molecule has 1 heterocycles. The normalized spacial score (nSPS) is 10.7. The van der Waals surface area contributed by atoms with Crippen molar-refractivity contribution in [1.29, 1.82) is 0 Å². The Kier molecular flexibility index (Phi) is 6.75. The highest BCUT2D eigenvalue weighted by Gasteiger charge is 2.22. The molecule has 0 fully saturated rings. The molecule has 0 saturated heterocycles. The van der Waals surface area contributed by atoms with E-state index in [0.29, 0.717) is 11.5 Å². The van der Waals surface area contributed by atoms with Gasteiger partial charge in [0.15, 0.2) is 0 Å². The molecule has 0 amide bonds. The van der Waals surface area contributed by atoms with Crippen molar-refractivity contribution in [2.24, 2.45) is 0 Å². The van der Waals surface area contributed by atoms with Gasteiger partial charge >= 0.3 is 0 Å². The smallest absolute Gasteiger partial charge is 0.103 e. The predicted octanol–water partition coefficient (Wildman–Crippen LogP) is -2.19. The minimum Gasteiger partial charge on any atom is -0.270 e. The highest BCUT2D eigenvalue weighted by atomic mass is 14.7. The van der Waals surface area contributed by atoms with Crippen molar-refractivity contribution in [2.75, 3.05) is 0 Å². The van der Waals surface area contributed by atoms with E-state index in [1.54, 1.807) is 7.17 Å². The molecule has 1 aromatic heterocycles. The molecule has 0 N–H and O–H groups in total. The van der Waals surface area contributed by atoms with Crippen LogP contribution in [0.3, 0.4) is 0 Å². The molecular formula is C11H14B8N. The number of hydrogen-bond donors (Lipinski definition) is 0. The molecule has 0 aliphatic rings. The van der Waals surface area contributed by atoms with Gasteiger partial charge in [0.1, 0.15) is 6.49 Å². The van der Waals surface area contributed by atoms with Crippen molar-refractivity contribution in [3.8, 4) is 0 Å². The zero-order chi connectivity index (χ0) is 15.4. The molecule has 0 aromatic carbocycles.